The van der Waals surface area contributed by atoms with Crippen molar-refractivity contribution in [1.82, 2.24) is 14.4 Å². The molecule has 4 rings (SSSR count). The number of amides is 2. The van der Waals surface area contributed by atoms with Gasteiger partial charge in [-0.05, 0) is 49.5 Å². The SMILES string of the molecule is CN1CCC[C@H]1C(=O)N1CCc2c(cn(Cc3ccccc3)c(=O)c2C(N)=O)C1. The monoisotopic (exact) mass is 394 g/mol. The molecule has 0 bridgehead atoms. The van der Waals surface area contributed by atoms with Crippen LogP contribution in [0.15, 0.2) is 41.3 Å². The Morgan fingerprint density at radius 3 is 2.59 bits per heavy atom. The third-order valence-corrected chi connectivity index (χ3v) is 6.03. The van der Waals surface area contributed by atoms with Crippen LogP contribution >= 0.6 is 0 Å². The Morgan fingerprint density at radius 2 is 1.93 bits per heavy atom. The predicted molar refractivity (Wildman–Crippen MR) is 110 cm³/mol. The number of nitrogens with zero attached hydrogens (tertiary/aromatic N) is 3. The molecule has 152 valence electrons. The highest BCUT2D eigenvalue weighted by Gasteiger charge is 2.34. The quantitative estimate of drug-likeness (QED) is 0.837. The molecular formula is C22H26N4O3. The molecule has 7 nitrogen and oxygen atoms in total. The van der Waals surface area contributed by atoms with Gasteiger partial charge in [-0.3, -0.25) is 19.3 Å². The van der Waals surface area contributed by atoms with Gasteiger partial charge in [0.05, 0.1) is 12.6 Å². The van der Waals surface area contributed by atoms with Gasteiger partial charge in [0.25, 0.3) is 11.5 Å². The van der Waals surface area contributed by atoms with Crippen molar-refractivity contribution >= 4 is 11.8 Å². The van der Waals surface area contributed by atoms with Gasteiger partial charge in [0, 0.05) is 19.3 Å². The first-order chi connectivity index (χ1) is 14.0. The van der Waals surface area contributed by atoms with Crippen LogP contribution in [0.5, 0.6) is 0 Å². The van der Waals surface area contributed by atoms with Gasteiger partial charge in [-0.15, -0.1) is 0 Å². The highest BCUT2D eigenvalue weighted by Crippen LogP contribution is 2.24. The summed E-state index contributed by atoms with van der Waals surface area (Å²) < 4.78 is 1.53. The average molecular weight is 394 g/mol. The molecule has 3 heterocycles. The molecule has 2 amide bonds. The molecule has 1 saturated heterocycles. The largest absolute Gasteiger partial charge is 0.365 e. The summed E-state index contributed by atoms with van der Waals surface area (Å²) in [4.78, 5) is 42.0. The third kappa shape index (κ3) is 3.70. The van der Waals surface area contributed by atoms with Crippen molar-refractivity contribution in [2.45, 2.75) is 38.4 Å². The lowest BCUT2D eigenvalue weighted by atomic mass is 9.95. The lowest BCUT2D eigenvalue weighted by Crippen LogP contribution is -2.47. The summed E-state index contributed by atoms with van der Waals surface area (Å²) in [5.74, 6) is -0.582. The summed E-state index contributed by atoms with van der Waals surface area (Å²) in [7, 11) is 1.98. The second kappa shape index (κ2) is 7.83. The van der Waals surface area contributed by atoms with Gasteiger partial charge in [0.15, 0.2) is 0 Å². The second-order valence-electron chi connectivity index (χ2n) is 7.94. The molecule has 2 aliphatic heterocycles. The molecule has 7 heteroatoms. The van der Waals surface area contributed by atoms with Crippen LogP contribution in [0, 0.1) is 0 Å². The van der Waals surface area contributed by atoms with E-state index in [1.807, 2.05) is 42.3 Å². The topological polar surface area (TPSA) is 88.6 Å². The Morgan fingerprint density at radius 1 is 1.17 bits per heavy atom. The summed E-state index contributed by atoms with van der Waals surface area (Å²) >= 11 is 0. The van der Waals surface area contributed by atoms with Gasteiger partial charge < -0.3 is 15.2 Å². The van der Waals surface area contributed by atoms with Crippen molar-refractivity contribution in [3.63, 3.8) is 0 Å². The number of carbonyl (C=O) groups is 2. The van der Waals surface area contributed by atoms with Crippen molar-refractivity contribution in [2.24, 2.45) is 5.73 Å². The Bertz CT molecular complexity index is 999. The fraction of sp³-hybridized carbons (Fsp3) is 0.409. The first-order valence-corrected chi connectivity index (χ1v) is 10.0. The number of rotatable bonds is 4. The number of carbonyl (C=O) groups excluding carboxylic acids is 2. The molecule has 0 saturated carbocycles. The zero-order valence-corrected chi connectivity index (χ0v) is 16.6. The molecule has 1 aromatic heterocycles. The Balaban J connectivity index is 1.68. The maximum absolute atomic E-state index is 13.0. The fourth-order valence-corrected chi connectivity index (χ4v) is 4.48. The van der Waals surface area contributed by atoms with Crippen molar-refractivity contribution in [3.8, 4) is 0 Å². The van der Waals surface area contributed by atoms with E-state index < -0.39 is 5.91 Å². The zero-order valence-electron chi connectivity index (χ0n) is 16.6. The van der Waals surface area contributed by atoms with Gasteiger partial charge >= 0.3 is 0 Å². The van der Waals surface area contributed by atoms with Crippen LogP contribution in [0.1, 0.15) is 39.9 Å². The molecule has 1 aromatic carbocycles. The van der Waals surface area contributed by atoms with Crippen LogP contribution in [0.3, 0.4) is 0 Å². The van der Waals surface area contributed by atoms with E-state index in [-0.39, 0.29) is 23.1 Å². The van der Waals surface area contributed by atoms with E-state index in [4.69, 9.17) is 5.73 Å². The lowest BCUT2D eigenvalue weighted by Gasteiger charge is -2.33. The number of hydrogen-bond acceptors (Lipinski definition) is 4. The summed E-state index contributed by atoms with van der Waals surface area (Å²) in [5, 5.41) is 0. The van der Waals surface area contributed by atoms with Crippen LogP contribution in [0.2, 0.25) is 0 Å². The number of hydrogen-bond donors (Lipinski definition) is 1. The number of benzene rings is 1. The Labute approximate surface area is 169 Å². The summed E-state index contributed by atoms with van der Waals surface area (Å²) in [6.07, 6.45) is 4.16. The van der Waals surface area contributed by atoms with Crippen molar-refractivity contribution in [1.29, 1.82) is 0 Å². The number of fused-ring (bicyclic) bond motifs is 1. The third-order valence-electron chi connectivity index (χ3n) is 6.03. The maximum atomic E-state index is 13.0. The zero-order chi connectivity index (χ0) is 20.5. The summed E-state index contributed by atoms with van der Waals surface area (Å²) in [6.45, 7) is 2.18. The molecule has 0 unspecified atom stereocenters. The number of likely N-dealkylation sites (tertiary alicyclic amines) is 1. The smallest absolute Gasteiger partial charge is 0.264 e. The number of nitrogens with two attached hydrogens (primary N) is 1. The molecule has 1 atom stereocenters. The van der Waals surface area contributed by atoms with Gasteiger partial charge in [0.2, 0.25) is 5.91 Å². The standard InChI is InChI=1S/C22H26N4O3/c1-24-10-5-8-18(24)21(28)25-11-9-17-16(13-25)14-26(22(29)19(17)20(23)27)12-15-6-3-2-4-7-15/h2-4,6-7,14,18H,5,8-13H2,1H3,(H2,23,27)/t18-/m0/s1. The minimum Gasteiger partial charge on any atom is -0.365 e. The average Bonchev–Trinajstić information content (AvgIpc) is 3.14. The van der Waals surface area contributed by atoms with E-state index in [0.29, 0.717) is 31.6 Å². The molecule has 2 N–H and O–H groups in total. The summed E-state index contributed by atoms with van der Waals surface area (Å²) in [5.41, 5.74) is 7.75. The van der Waals surface area contributed by atoms with E-state index >= 15 is 0 Å². The van der Waals surface area contributed by atoms with Crippen LogP contribution in [-0.4, -0.2) is 52.4 Å². The van der Waals surface area contributed by atoms with Crippen molar-refractivity contribution in [3.05, 3.63) is 69.1 Å². The Kier molecular flexibility index (Phi) is 5.24. The first kappa shape index (κ1) is 19.4. The minimum atomic E-state index is -0.705. The maximum Gasteiger partial charge on any atom is 0.264 e. The lowest BCUT2D eigenvalue weighted by molar-refractivity contribution is -0.136. The highest BCUT2D eigenvalue weighted by atomic mass is 16.2. The van der Waals surface area contributed by atoms with E-state index in [0.717, 1.165) is 30.5 Å². The van der Waals surface area contributed by atoms with Gasteiger partial charge in [-0.2, -0.15) is 0 Å². The van der Waals surface area contributed by atoms with E-state index in [2.05, 4.69) is 4.90 Å². The van der Waals surface area contributed by atoms with Crippen molar-refractivity contribution < 1.29 is 9.59 Å². The van der Waals surface area contributed by atoms with Crippen LogP contribution < -0.4 is 11.3 Å². The van der Waals surface area contributed by atoms with Crippen LogP contribution in [0.25, 0.3) is 0 Å². The molecule has 0 spiro atoms. The van der Waals surface area contributed by atoms with Crippen molar-refractivity contribution in [2.75, 3.05) is 20.1 Å². The number of likely N-dealkylation sites (N-methyl/N-ethyl adjacent to an activating group) is 1. The molecule has 0 aliphatic carbocycles. The van der Waals surface area contributed by atoms with E-state index in [1.54, 1.807) is 6.20 Å². The van der Waals surface area contributed by atoms with Crippen LogP contribution in [0.4, 0.5) is 0 Å². The van der Waals surface area contributed by atoms with E-state index in [1.165, 1.54) is 4.57 Å². The predicted octanol–water partition coefficient (Wildman–Crippen LogP) is 0.974. The summed E-state index contributed by atoms with van der Waals surface area (Å²) in [6, 6.07) is 9.52. The normalized spacial score (nSPS) is 19.2. The fourth-order valence-electron chi connectivity index (χ4n) is 4.48. The van der Waals surface area contributed by atoms with Gasteiger partial charge in [-0.1, -0.05) is 30.3 Å². The van der Waals surface area contributed by atoms with Crippen LogP contribution in [-0.2, 0) is 24.3 Å². The molecule has 0 radical (unpaired) electrons. The number of pyridine rings is 1. The number of aromatic nitrogens is 1. The van der Waals surface area contributed by atoms with Gasteiger partial charge in [-0.25, -0.2) is 0 Å². The highest BCUT2D eigenvalue weighted by molar-refractivity contribution is 5.94. The van der Waals surface area contributed by atoms with Gasteiger partial charge in [0.1, 0.15) is 5.56 Å². The molecule has 2 aliphatic rings. The van der Waals surface area contributed by atoms with E-state index in [9.17, 15) is 14.4 Å². The minimum absolute atomic E-state index is 0.0588. The molecule has 2 aromatic rings. The molecule has 29 heavy (non-hydrogen) atoms. The Hall–Kier alpha value is -2.93. The molecule has 1 fully saturated rings. The first-order valence-electron chi connectivity index (χ1n) is 10.0. The molecular weight excluding hydrogens is 368 g/mol. The second-order valence-corrected chi connectivity index (χ2v) is 7.94. The number of primary amides is 1.